The molecule has 1 saturated heterocycles. The van der Waals surface area contributed by atoms with Gasteiger partial charge >= 0.3 is 0 Å². The number of ether oxygens (including phenoxy) is 2. The first kappa shape index (κ1) is 24.9. The van der Waals surface area contributed by atoms with Crippen LogP contribution in [0.2, 0.25) is 0 Å². The summed E-state index contributed by atoms with van der Waals surface area (Å²) in [6.07, 6.45) is -0.110. The fourth-order valence-electron chi connectivity index (χ4n) is 2.93. The molecule has 0 aliphatic carbocycles. The Balaban J connectivity index is 0.00000392. The molecular formula is C20H34FIN4O2. The summed E-state index contributed by atoms with van der Waals surface area (Å²) in [7, 11) is 0. The molecule has 0 bridgehead atoms. The third-order valence-corrected chi connectivity index (χ3v) is 4.27. The molecule has 1 aromatic carbocycles. The number of guanidine groups is 1. The number of nitrogens with zero attached hydrogens (tertiary/aromatic N) is 2. The third-order valence-electron chi connectivity index (χ3n) is 4.27. The van der Waals surface area contributed by atoms with Crippen molar-refractivity contribution in [3.05, 3.63) is 30.1 Å². The van der Waals surface area contributed by atoms with Crippen molar-refractivity contribution in [2.24, 2.45) is 10.9 Å². The Labute approximate surface area is 185 Å². The second-order valence-corrected chi connectivity index (χ2v) is 7.00. The van der Waals surface area contributed by atoms with Gasteiger partial charge in [-0.15, -0.1) is 24.0 Å². The molecule has 1 aliphatic rings. The van der Waals surface area contributed by atoms with E-state index in [4.69, 9.17) is 14.5 Å². The van der Waals surface area contributed by atoms with Gasteiger partial charge in [0.15, 0.2) is 5.96 Å². The zero-order valence-electron chi connectivity index (χ0n) is 17.1. The van der Waals surface area contributed by atoms with Gasteiger partial charge < -0.3 is 20.1 Å². The van der Waals surface area contributed by atoms with Crippen molar-refractivity contribution in [3.8, 4) is 5.75 Å². The summed E-state index contributed by atoms with van der Waals surface area (Å²) in [4.78, 5) is 7.12. The van der Waals surface area contributed by atoms with E-state index in [1.165, 1.54) is 12.1 Å². The Hall–Kier alpha value is -1.13. The molecular weight excluding hydrogens is 474 g/mol. The molecule has 28 heavy (non-hydrogen) atoms. The van der Waals surface area contributed by atoms with Crippen LogP contribution in [0.1, 0.15) is 20.8 Å². The van der Waals surface area contributed by atoms with Gasteiger partial charge in [-0.25, -0.2) is 4.39 Å². The van der Waals surface area contributed by atoms with Crippen LogP contribution < -0.4 is 15.4 Å². The van der Waals surface area contributed by atoms with Gasteiger partial charge in [0, 0.05) is 38.8 Å². The van der Waals surface area contributed by atoms with E-state index in [1.807, 2.05) is 13.8 Å². The first-order valence-electron chi connectivity index (χ1n) is 9.81. The van der Waals surface area contributed by atoms with E-state index >= 15 is 0 Å². The van der Waals surface area contributed by atoms with Gasteiger partial charge in [0.05, 0.1) is 19.8 Å². The maximum atomic E-state index is 13.2. The van der Waals surface area contributed by atoms with Crippen LogP contribution in [0.15, 0.2) is 29.3 Å². The molecule has 0 amide bonds. The molecule has 160 valence electrons. The predicted molar refractivity (Wildman–Crippen MR) is 122 cm³/mol. The van der Waals surface area contributed by atoms with E-state index in [-0.39, 0.29) is 35.9 Å². The number of rotatable bonds is 9. The Morgan fingerprint density at radius 1 is 1.29 bits per heavy atom. The van der Waals surface area contributed by atoms with Crippen molar-refractivity contribution >= 4 is 29.9 Å². The molecule has 2 atom stereocenters. The van der Waals surface area contributed by atoms with Crippen LogP contribution in [-0.4, -0.2) is 69.4 Å². The van der Waals surface area contributed by atoms with E-state index in [0.29, 0.717) is 18.2 Å². The SMILES string of the molecule is CCNC(=NCC(C)CN1CCOCC1)NCC(C)Oc1cccc(F)c1.I. The van der Waals surface area contributed by atoms with Crippen molar-refractivity contribution in [2.45, 2.75) is 26.9 Å². The fourth-order valence-corrected chi connectivity index (χ4v) is 2.93. The minimum atomic E-state index is -0.295. The number of nitrogens with one attached hydrogen (secondary N) is 2. The summed E-state index contributed by atoms with van der Waals surface area (Å²) in [5.41, 5.74) is 0. The van der Waals surface area contributed by atoms with Crippen LogP contribution in [0.5, 0.6) is 5.75 Å². The maximum Gasteiger partial charge on any atom is 0.191 e. The lowest BCUT2D eigenvalue weighted by Gasteiger charge is -2.28. The molecule has 0 aromatic heterocycles. The van der Waals surface area contributed by atoms with Crippen LogP contribution in [-0.2, 0) is 4.74 Å². The monoisotopic (exact) mass is 508 g/mol. The molecule has 2 rings (SSSR count). The Kier molecular flexibility index (Phi) is 12.4. The molecule has 6 nitrogen and oxygen atoms in total. The van der Waals surface area contributed by atoms with Crippen LogP contribution in [0.4, 0.5) is 4.39 Å². The molecule has 2 unspecified atom stereocenters. The summed E-state index contributed by atoms with van der Waals surface area (Å²) in [6, 6.07) is 6.20. The van der Waals surface area contributed by atoms with Gasteiger partial charge in [-0.05, 0) is 31.9 Å². The molecule has 8 heteroatoms. The lowest BCUT2D eigenvalue weighted by molar-refractivity contribution is 0.0323. The van der Waals surface area contributed by atoms with E-state index < -0.39 is 0 Å². The first-order chi connectivity index (χ1) is 13.1. The number of halogens is 2. The Bertz CT molecular complexity index is 585. The smallest absolute Gasteiger partial charge is 0.191 e. The normalized spacial score (nSPS) is 17.4. The predicted octanol–water partition coefficient (Wildman–Crippen LogP) is 2.73. The van der Waals surface area contributed by atoms with Gasteiger partial charge in [-0.3, -0.25) is 9.89 Å². The van der Waals surface area contributed by atoms with Crippen molar-refractivity contribution < 1.29 is 13.9 Å². The van der Waals surface area contributed by atoms with Crippen LogP contribution in [0.3, 0.4) is 0 Å². The van der Waals surface area contributed by atoms with Crippen LogP contribution in [0, 0.1) is 11.7 Å². The average molecular weight is 508 g/mol. The van der Waals surface area contributed by atoms with E-state index in [0.717, 1.165) is 51.9 Å². The van der Waals surface area contributed by atoms with Gasteiger partial charge in [0.2, 0.25) is 0 Å². The maximum absolute atomic E-state index is 13.2. The summed E-state index contributed by atoms with van der Waals surface area (Å²) in [5, 5.41) is 6.56. The highest BCUT2D eigenvalue weighted by atomic mass is 127. The number of hydrogen-bond acceptors (Lipinski definition) is 4. The number of hydrogen-bond donors (Lipinski definition) is 2. The number of morpholine rings is 1. The number of benzene rings is 1. The highest BCUT2D eigenvalue weighted by Gasteiger charge is 2.14. The van der Waals surface area contributed by atoms with Gasteiger partial charge in [-0.1, -0.05) is 13.0 Å². The highest BCUT2D eigenvalue weighted by molar-refractivity contribution is 14.0. The lowest BCUT2D eigenvalue weighted by Crippen LogP contribution is -2.42. The topological polar surface area (TPSA) is 58.1 Å². The zero-order chi connectivity index (χ0) is 19.5. The van der Waals surface area contributed by atoms with Crippen LogP contribution >= 0.6 is 24.0 Å². The molecule has 0 spiro atoms. The Morgan fingerprint density at radius 2 is 2.04 bits per heavy atom. The largest absolute Gasteiger partial charge is 0.489 e. The van der Waals surface area contributed by atoms with Crippen molar-refractivity contribution in [3.63, 3.8) is 0 Å². The summed E-state index contributed by atoms with van der Waals surface area (Å²) in [5.74, 6) is 1.49. The van der Waals surface area contributed by atoms with Gasteiger partial charge in [0.25, 0.3) is 0 Å². The summed E-state index contributed by atoms with van der Waals surface area (Å²) >= 11 is 0. The summed E-state index contributed by atoms with van der Waals surface area (Å²) in [6.45, 7) is 13.0. The summed E-state index contributed by atoms with van der Waals surface area (Å²) < 4.78 is 24.4. The van der Waals surface area contributed by atoms with E-state index in [1.54, 1.807) is 12.1 Å². The molecule has 1 aliphatic heterocycles. The highest BCUT2D eigenvalue weighted by Crippen LogP contribution is 2.13. The minimum absolute atomic E-state index is 0. The average Bonchev–Trinajstić information content (AvgIpc) is 2.65. The van der Waals surface area contributed by atoms with Crippen LogP contribution in [0.25, 0.3) is 0 Å². The molecule has 1 aromatic rings. The molecule has 0 saturated carbocycles. The fraction of sp³-hybridized carbons (Fsp3) is 0.650. The molecule has 0 radical (unpaired) electrons. The van der Waals surface area contributed by atoms with Crippen molar-refractivity contribution in [2.75, 3.05) is 52.5 Å². The van der Waals surface area contributed by atoms with Gasteiger partial charge in [-0.2, -0.15) is 0 Å². The molecule has 2 N–H and O–H groups in total. The zero-order valence-corrected chi connectivity index (χ0v) is 19.4. The second kappa shape index (κ2) is 13.9. The molecule has 1 fully saturated rings. The third kappa shape index (κ3) is 9.88. The van der Waals surface area contributed by atoms with E-state index in [9.17, 15) is 4.39 Å². The minimum Gasteiger partial charge on any atom is -0.489 e. The quantitative estimate of drug-likeness (QED) is 0.305. The van der Waals surface area contributed by atoms with E-state index in [2.05, 4.69) is 22.5 Å². The lowest BCUT2D eigenvalue weighted by atomic mass is 10.1. The Morgan fingerprint density at radius 3 is 2.71 bits per heavy atom. The first-order valence-corrected chi connectivity index (χ1v) is 9.81. The van der Waals surface area contributed by atoms with Gasteiger partial charge in [0.1, 0.15) is 17.7 Å². The van der Waals surface area contributed by atoms with Crippen molar-refractivity contribution in [1.82, 2.24) is 15.5 Å². The van der Waals surface area contributed by atoms with Crippen molar-refractivity contribution in [1.29, 1.82) is 0 Å². The number of aliphatic imine (C=N–C) groups is 1. The molecule has 1 heterocycles. The second-order valence-electron chi connectivity index (χ2n) is 7.00. The standard InChI is InChI=1S/C20H33FN4O2.HI/c1-4-22-20(23-13-16(2)15-25-8-10-26-11-9-25)24-14-17(3)27-19-7-5-6-18(21)12-19;/h5-7,12,16-17H,4,8-11,13-15H2,1-3H3,(H2,22,23,24);1H.